The van der Waals surface area contributed by atoms with E-state index >= 15 is 0 Å². The fraction of sp³-hybridized carbons (Fsp3) is 0.611. The van der Waals surface area contributed by atoms with Crippen LogP contribution in [0.5, 0.6) is 5.75 Å². The second-order valence-electron chi connectivity index (χ2n) is 6.44. The van der Waals surface area contributed by atoms with Crippen LogP contribution >= 0.6 is 0 Å². The Morgan fingerprint density at radius 1 is 1.17 bits per heavy atom. The second kappa shape index (κ2) is 7.32. The Morgan fingerprint density at radius 3 is 2.52 bits per heavy atom. The first-order valence-corrected chi connectivity index (χ1v) is 8.26. The summed E-state index contributed by atoms with van der Waals surface area (Å²) in [6, 6.07) is 7.52. The zero-order chi connectivity index (χ0) is 16.2. The highest BCUT2D eigenvalue weighted by Crippen LogP contribution is 2.29. The van der Waals surface area contributed by atoms with E-state index in [9.17, 15) is 4.79 Å². The molecule has 1 aliphatic carbocycles. The van der Waals surface area contributed by atoms with Gasteiger partial charge in [-0.1, -0.05) is 0 Å². The number of methoxy groups -OCH3 is 2. The molecule has 2 fully saturated rings. The van der Waals surface area contributed by atoms with Crippen LogP contribution in [0.15, 0.2) is 24.3 Å². The van der Waals surface area contributed by atoms with E-state index < -0.39 is 0 Å². The van der Waals surface area contributed by atoms with Crippen molar-refractivity contribution < 1.29 is 19.0 Å². The van der Waals surface area contributed by atoms with E-state index in [0.29, 0.717) is 18.7 Å². The van der Waals surface area contributed by atoms with Crippen LogP contribution < -0.4 is 4.74 Å². The molecule has 1 aromatic rings. The normalized spacial score (nSPS) is 24.0. The number of rotatable bonds is 7. The quantitative estimate of drug-likeness (QED) is 0.774. The summed E-state index contributed by atoms with van der Waals surface area (Å²) in [4.78, 5) is 14.6. The summed E-state index contributed by atoms with van der Waals surface area (Å²) in [5.74, 6) is 1.58. The maximum atomic E-state index is 12.8. The number of hydrogen-bond acceptors (Lipinski definition) is 4. The van der Waals surface area contributed by atoms with E-state index in [-0.39, 0.29) is 18.1 Å². The first-order valence-electron chi connectivity index (χ1n) is 8.26. The van der Waals surface area contributed by atoms with E-state index in [0.717, 1.165) is 24.7 Å². The number of ether oxygens (including phenoxy) is 3. The van der Waals surface area contributed by atoms with Crippen LogP contribution in [0.1, 0.15) is 29.6 Å². The third-order valence-corrected chi connectivity index (χ3v) is 4.61. The first-order chi connectivity index (χ1) is 11.2. The molecular formula is C18H25NO4. The smallest absolute Gasteiger partial charge is 0.254 e. The standard InChI is InChI=1S/C18H25NO4/c1-21-12-15-9-17(22-2)10-19(15)18(20)14-5-7-16(8-6-14)23-11-13-3-4-13/h5-8,13,15,17H,3-4,9-12H2,1-2H3/t15-,17+/m0/s1. The predicted molar refractivity (Wildman–Crippen MR) is 86.8 cm³/mol. The first kappa shape index (κ1) is 16.3. The fourth-order valence-corrected chi connectivity index (χ4v) is 3.00. The van der Waals surface area contributed by atoms with Gasteiger partial charge in [0, 0.05) is 26.3 Å². The molecule has 2 atom stereocenters. The lowest BCUT2D eigenvalue weighted by Gasteiger charge is -2.24. The highest BCUT2D eigenvalue weighted by Gasteiger charge is 2.35. The van der Waals surface area contributed by atoms with E-state index in [1.54, 1.807) is 14.2 Å². The molecule has 0 unspecified atom stereocenters. The number of hydrogen-bond donors (Lipinski definition) is 0. The van der Waals surface area contributed by atoms with Gasteiger partial charge in [-0.15, -0.1) is 0 Å². The molecule has 1 aromatic carbocycles. The number of nitrogens with zero attached hydrogens (tertiary/aromatic N) is 1. The monoisotopic (exact) mass is 319 g/mol. The Hall–Kier alpha value is -1.59. The molecule has 0 bridgehead atoms. The van der Waals surface area contributed by atoms with Crippen LogP contribution in [0.25, 0.3) is 0 Å². The van der Waals surface area contributed by atoms with Crippen molar-refractivity contribution in [3.63, 3.8) is 0 Å². The Balaban J connectivity index is 1.63. The predicted octanol–water partition coefficient (Wildman–Crippen LogP) is 2.35. The lowest BCUT2D eigenvalue weighted by atomic mass is 10.1. The average Bonchev–Trinajstić information content (AvgIpc) is 3.32. The molecule has 0 aromatic heterocycles. The fourth-order valence-electron chi connectivity index (χ4n) is 3.00. The molecular weight excluding hydrogens is 294 g/mol. The Labute approximate surface area is 137 Å². The SMILES string of the molecule is COC[C@@H]1C[C@@H](OC)CN1C(=O)c1ccc(OCC2CC2)cc1. The van der Waals surface area contributed by atoms with Crippen LogP contribution in [0.3, 0.4) is 0 Å². The summed E-state index contributed by atoms with van der Waals surface area (Å²) in [5, 5.41) is 0. The molecule has 126 valence electrons. The van der Waals surface area contributed by atoms with E-state index in [1.807, 2.05) is 29.2 Å². The van der Waals surface area contributed by atoms with Crippen molar-refractivity contribution in [3.05, 3.63) is 29.8 Å². The van der Waals surface area contributed by atoms with Gasteiger partial charge >= 0.3 is 0 Å². The molecule has 2 aliphatic rings. The van der Waals surface area contributed by atoms with E-state index in [2.05, 4.69) is 0 Å². The molecule has 1 amide bonds. The van der Waals surface area contributed by atoms with Gasteiger partial charge < -0.3 is 19.1 Å². The van der Waals surface area contributed by atoms with Crippen molar-refractivity contribution >= 4 is 5.91 Å². The molecule has 0 N–H and O–H groups in total. The number of likely N-dealkylation sites (tertiary alicyclic amines) is 1. The molecule has 1 saturated carbocycles. The van der Waals surface area contributed by atoms with Crippen LogP contribution in [0, 0.1) is 5.92 Å². The van der Waals surface area contributed by atoms with Gasteiger partial charge in [-0.05, 0) is 49.4 Å². The largest absolute Gasteiger partial charge is 0.493 e. The molecule has 5 heteroatoms. The van der Waals surface area contributed by atoms with Crippen LogP contribution in [-0.2, 0) is 9.47 Å². The average molecular weight is 319 g/mol. The highest BCUT2D eigenvalue weighted by molar-refractivity contribution is 5.94. The minimum Gasteiger partial charge on any atom is -0.493 e. The summed E-state index contributed by atoms with van der Waals surface area (Å²) in [6.07, 6.45) is 3.44. The van der Waals surface area contributed by atoms with Crippen LogP contribution in [0.2, 0.25) is 0 Å². The number of amides is 1. The van der Waals surface area contributed by atoms with E-state index in [4.69, 9.17) is 14.2 Å². The molecule has 0 radical (unpaired) electrons. The zero-order valence-corrected chi connectivity index (χ0v) is 13.9. The lowest BCUT2D eigenvalue weighted by Crippen LogP contribution is -2.38. The summed E-state index contributed by atoms with van der Waals surface area (Å²) in [5.41, 5.74) is 0.682. The van der Waals surface area contributed by atoms with Gasteiger partial charge in [0.15, 0.2) is 0 Å². The van der Waals surface area contributed by atoms with Crippen molar-refractivity contribution in [2.75, 3.05) is 34.0 Å². The molecule has 1 heterocycles. The Morgan fingerprint density at radius 2 is 1.91 bits per heavy atom. The highest BCUT2D eigenvalue weighted by atomic mass is 16.5. The van der Waals surface area contributed by atoms with Gasteiger partial charge in [-0.3, -0.25) is 4.79 Å². The van der Waals surface area contributed by atoms with Gasteiger partial charge in [0.05, 0.1) is 25.4 Å². The van der Waals surface area contributed by atoms with Crippen molar-refractivity contribution in [2.45, 2.75) is 31.4 Å². The molecule has 1 aliphatic heterocycles. The van der Waals surface area contributed by atoms with Crippen molar-refractivity contribution in [1.82, 2.24) is 4.90 Å². The molecule has 5 nitrogen and oxygen atoms in total. The molecule has 0 spiro atoms. The maximum Gasteiger partial charge on any atom is 0.254 e. The third kappa shape index (κ3) is 4.03. The summed E-state index contributed by atoms with van der Waals surface area (Å²) in [7, 11) is 3.35. The van der Waals surface area contributed by atoms with Gasteiger partial charge in [-0.25, -0.2) is 0 Å². The zero-order valence-electron chi connectivity index (χ0n) is 13.9. The lowest BCUT2D eigenvalue weighted by molar-refractivity contribution is 0.0612. The maximum absolute atomic E-state index is 12.8. The third-order valence-electron chi connectivity index (χ3n) is 4.61. The van der Waals surface area contributed by atoms with Crippen LogP contribution in [-0.4, -0.2) is 56.9 Å². The minimum atomic E-state index is 0.0281. The van der Waals surface area contributed by atoms with Crippen LogP contribution in [0.4, 0.5) is 0 Å². The topological polar surface area (TPSA) is 48.0 Å². The van der Waals surface area contributed by atoms with Crippen molar-refractivity contribution in [1.29, 1.82) is 0 Å². The van der Waals surface area contributed by atoms with Gasteiger partial charge in [0.2, 0.25) is 0 Å². The summed E-state index contributed by atoms with van der Waals surface area (Å²) in [6.45, 7) is 1.93. The Bertz CT molecular complexity index is 526. The van der Waals surface area contributed by atoms with Gasteiger partial charge in [-0.2, -0.15) is 0 Å². The van der Waals surface area contributed by atoms with Gasteiger partial charge in [0.1, 0.15) is 5.75 Å². The number of carbonyl (C=O) groups excluding carboxylic acids is 1. The summed E-state index contributed by atoms with van der Waals surface area (Å²) < 4.78 is 16.4. The summed E-state index contributed by atoms with van der Waals surface area (Å²) >= 11 is 0. The van der Waals surface area contributed by atoms with Crippen molar-refractivity contribution in [2.24, 2.45) is 5.92 Å². The van der Waals surface area contributed by atoms with Crippen molar-refractivity contribution in [3.8, 4) is 5.75 Å². The second-order valence-corrected chi connectivity index (χ2v) is 6.44. The minimum absolute atomic E-state index is 0.0281. The molecule has 1 saturated heterocycles. The van der Waals surface area contributed by atoms with Gasteiger partial charge in [0.25, 0.3) is 5.91 Å². The Kier molecular flexibility index (Phi) is 5.18. The molecule has 3 rings (SSSR count). The van der Waals surface area contributed by atoms with E-state index in [1.165, 1.54) is 12.8 Å². The number of carbonyl (C=O) groups is 1. The number of benzene rings is 1. The molecule has 23 heavy (non-hydrogen) atoms.